The van der Waals surface area contributed by atoms with Crippen molar-refractivity contribution in [2.24, 2.45) is 0 Å². The minimum atomic E-state index is -0.150. The number of aromatic amines is 1. The molecule has 3 aromatic carbocycles. The van der Waals surface area contributed by atoms with E-state index < -0.39 is 0 Å². The number of aromatic nitrogens is 1. The Morgan fingerprint density at radius 2 is 1.50 bits per heavy atom. The van der Waals surface area contributed by atoms with Gasteiger partial charge in [-0.15, -0.1) is 0 Å². The van der Waals surface area contributed by atoms with Crippen LogP contribution in [-0.2, 0) is 4.79 Å². The van der Waals surface area contributed by atoms with Crippen molar-refractivity contribution in [2.75, 3.05) is 31.5 Å². The quantitative estimate of drug-likeness (QED) is 0.215. The molecule has 1 aromatic heterocycles. The maximum Gasteiger partial charge on any atom is 0.256 e. The van der Waals surface area contributed by atoms with Gasteiger partial charge in [0.15, 0.2) is 0 Å². The van der Waals surface area contributed by atoms with Gasteiger partial charge in [-0.25, -0.2) is 0 Å². The molecule has 1 aliphatic heterocycles. The lowest BCUT2D eigenvalue weighted by molar-refractivity contribution is -0.110. The maximum atomic E-state index is 13.0. The lowest BCUT2D eigenvalue weighted by Gasteiger charge is -2.18. The summed E-state index contributed by atoms with van der Waals surface area (Å²) in [6, 6.07) is 24.8. The maximum absolute atomic E-state index is 13.0. The molecule has 0 unspecified atom stereocenters. The van der Waals surface area contributed by atoms with E-state index in [2.05, 4.69) is 76.8 Å². The smallest absolute Gasteiger partial charge is 0.256 e. The number of carbonyl (C=O) groups is 2. The fourth-order valence-electron chi connectivity index (χ4n) is 5.36. The van der Waals surface area contributed by atoms with Gasteiger partial charge in [0.1, 0.15) is 0 Å². The molecule has 0 aliphatic carbocycles. The van der Waals surface area contributed by atoms with E-state index in [-0.39, 0.29) is 11.8 Å². The number of anilines is 1. The molecule has 1 aliphatic rings. The number of H-pyrrole nitrogens is 1. The highest BCUT2D eigenvalue weighted by molar-refractivity contribution is 6.35. The minimum absolute atomic E-state index is 0.0967. The molecule has 0 radical (unpaired) electrons. The summed E-state index contributed by atoms with van der Waals surface area (Å²) >= 11 is 0. The normalized spacial score (nSPS) is 13.5. The number of nitrogens with zero attached hydrogens (tertiary/aromatic N) is 1. The van der Waals surface area contributed by atoms with E-state index in [9.17, 15) is 9.59 Å². The molecule has 5 rings (SSSR count). The largest absolute Gasteiger partial charge is 0.358 e. The van der Waals surface area contributed by atoms with E-state index in [0.717, 1.165) is 64.5 Å². The molecule has 0 saturated heterocycles. The predicted octanol–water partition coefficient (Wildman–Crippen LogP) is 6.53. The number of likely N-dealkylation sites (N-methyl/N-ethyl adjacent to an activating group) is 1. The van der Waals surface area contributed by atoms with E-state index in [4.69, 9.17) is 0 Å². The van der Waals surface area contributed by atoms with E-state index in [1.807, 2.05) is 50.3 Å². The zero-order valence-electron chi connectivity index (χ0n) is 23.6. The first-order valence-electron chi connectivity index (χ1n) is 13.9. The van der Waals surface area contributed by atoms with Crippen molar-refractivity contribution < 1.29 is 9.59 Å². The number of hydrogen-bond donors (Lipinski definition) is 3. The number of carbonyl (C=O) groups excluding carboxylic acids is 2. The first-order chi connectivity index (χ1) is 19.4. The number of aryl methyl sites for hydroxylation is 1. The Hall–Kier alpha value is -4.42. The molecule has 0 saturated carbocycles. The molecule has 0 atom stereocenters. The molecule has 2 heterocycles. The van der Waals surface area contributed by atoms with Gasteiger partial charge in [0.05, 0.1) is 11.1 Å². The molecular weight excluding hydrogens is 496 g/mol. The standard InChI is InChI=1S/C34H36N4O2/c1-5-38(6-2)19-18-35-34(40)32-22(3)31(36-23(32)4)21-29-28-20-27(16-17-30(28)37-33(29)39)26-14-12-25(13-15-26)24-10-8-7-9-11-24/h7-17,20-21,36H,5-6,18-19H2,1-4H3,(H,35,40)(H,37,39)/b29-21-. The van der Waals surface area contributed by atoms with Gasteiger partial charge in [0, 0.05) is 35.7 Å². The number of fused-ring (bicyclic) bond motifs is 1. The van der Waals surface area contributed by atoms with E-state index in [1.165, 1.54) is 5.56 Å². The van der Waals surface area contributed by atoms with Gasteiger partial charge in [-0.1, -0.05) is 74.5 Å². The van der Waals surface area contributed by atoms with Crippen LogP contribution in [0.2, 0.25) is 0 Å². The average molecular weight is 533 g/mol. The van der Waals surface area contributed by atoms with Gasteiger partial charge in [0.2, 0.25) is 0 Å². The first kappa shape index (κ1) is 27.2. The zero-order chi connectivity index (χ0) is 28.2. The minimum Gasteiger partial charge on any atom is -0.358 e. The van der Waals surface area contributed by atoms with Crippen molar-refractivity contribution in [1.82, 2.24) is 15.2 Å². The van der Waals surface area contributed by atoms with Gasteiger partial charge >= 0.3 is 0 Å². The number of amides is 2. The van der Waals surface area contributed by atoms with Crippen LogP contribution in [0.25, 0.3) is 33.9 Å². The van der Waals surface area contributed by atoms with Crippen molar-refractivity contribution in [1.29, 1.82) is 0 Å². The van der Waals surface area contributed by atoms with E-state index in [0.29, 0.717) is 17.7 Å². The molecule has 4 aromatic rings. The highest BCUT2D eigenvalue weighted by atomic mass is 16.2. The summed E-state index contributed by atoms with van der Waals surface area (Å²) in [6.45, 7) is 11.4. The predicted molar refractivity (Wildman–Crippen MR) is 164 cm³/mol. The Kier molecular flexibility index (Phi) is 7.99. The molecule has 0 fully saturated rings. The SMILES string of the molecule is CCN(CC)CCNC(=O)c1c(C)[nH]c(/C=C2\C(=O)Nc3ccc(-c4ccc(-c5ccccc5)cc4)cc32)c1C. The summed E-state index contributed by atoms with van der Waals surface area (Å²) in [4.78, 5) is 31.6. The second-order valence-electron chi connectivity index (χ2n) is 10.2. The fourth-order valence-corrected chi connectivity index (χ4v) is 5.36. The third-order valence-corrected chi connectivity index (χ3v) is 7.73. The van der Waals surface area contributed by atoms with Gasteiger partial charge in [0.25, 0.3) is 11.8 Å². The molecule has 3 N–H and O–H groups in total. The molecular formula is C34H36N4O2. The van der Waals surface area contributed by atoms with Crippen LogP contribution in [0.1, 0.15) is 46.7 Å². The van der Waals surface area contributed by atoms with Crippen LogP contribution in [0.15, 0.2) is 72.8 Å². The van der Waals surface area contributed by atoms with Gasteiger partial charge in [-0.2, -0.15) is 0 Å². The van der Waals surface area contributed by atoms with Crippen molar-refractivity contribution in [3.8, 4) is 22.3 Å². The van der Waals surface area contributed by atoms with Crippen LogP contribution >= 0.6 is 0 Å². The number of nitrogens with one attached hydrogen (secondary N) is 3. The van der Waals surface area contributed by atoms with Gasteiger partial charge in [-0.05, 0) is 73.0 Å². The highest BCUT2D eigenvalue weighted by Gasteiger charge is 2.26. The van der Waals surface area contributed by atoms with Crippen LogP contribution in [0, 0.1) is 13.8 Å². The summed E-state index contributed by atoms with van der Waals surface area (Å²) in [5.41, 5.74) is 9.70. The van der Waals surface area contributed by atoms with Crippen LogP contribution in [-0.4, -0.2) is 47.9 Å². The Balaban J connectivity index is 1.40. The molecule has 40 heavy (non-hydrogen) atoms. The third-order valence-electron chi connectivity index (χ3n) is 7.73. The fraction of sp³-hybridized carbons (Fsp3) is 0.235. The number of rotatable bonds is 9. The molecule has 6 nitrogen and oxygen atoms in total. The van der Waals surface area contributed by atoms with Crippen LogP contribution in [0.3, 0.4) is 0 Å². The first-order valence-corrected chi connectivity index (χ1v) is 13.9. The number of hydrogen-bond acceptors (Lipinski definition) is 3. The summed E-state index contributed by atoms with van der Waals surface area (Å²) < 4.78 is 0. The zero-order valence-corrected chi connectivity index (χ0v) is 23.6. The second-order valence-corrected chi connectivity index (χ2v) is 10.2. The summed E-state index contributed by atoms with van der Waals surface area (Å²) in [6.07, 6.45) is 1.86. The Morgan fingerprint density at radius 1 is 0.875 bits per heavy atom. The average Bonchev–Trinajstić information content (AvgIpc) is 3.44. The molecule has 6 heteroatoms. The van der Waals surface area contributed by atoms with E-state index in [1.54, 1.807) is 0 Å². The summed E-state index contributed by atoms with van der Waals surface area (Å²) in [5, 5.41) is 6.04. The van der Waals surface area contributed by atoms with Crippen LogP contribution in [0.5, 0.6) is 0 Å². The number of benzene rings is 3. The Morgan fingerprint density at radius 3 is 2.17 bits per heavy atom. The lowest BCUT2D eigenvalue weighted by Crippen LogP contribution is -2.35. The third kappa shape index (κ3) is 5.49. The van der Waals surface area contributed by atoms with Crippen LogP contribution in [0.4, 0.5) is 5.69 Å². The van der Waals surface area contributed by atoms with Crippen molar-refractivity contribution >= 4 is 29.2 Å². The summed E-state index contributed by atoms with van der Waals surface area (Å²) in [7, 11) is 0. The molecule has 0 spiro atoms. The van der Waals surface area contributed by atoms with Crippen molar-refractivity contribution in [3.63, 3.8) is 0 Å². The van der Waals surface area contributed by atoms with Gasteiger partial charge < -0.3 is 20.5 Å². The Labute approximate surface area is 236 Å². The van der Waals surface area contributed by atoms with E-state index >= 15 is 0 Å². The topological polar surface area (TPSA) is 77.2 Å². The highest BCUT2D eigenvalue weighted by Crippen LogP contribution is 2.37. The monoisotopic (exact) mass is 532 g/mol. The van der Waals surface area contributed by atoms with Crippen molar-refractivity contribution in [2.45, 2.75) is 27.7 Å². The van der Waals surface area contributed by atoms with Gasteiger partial charge in [-0.3, -0.25) is 9.59 Å². The van der Waals surface area contributed by atoms with Crippen LogP contribution < -0.4 is 10.6 Å². The molecule has 2 amide bonds. The molecule has 0 bridgehead atoms. The lowest BCUT2D eigenvalue weighted by atomic mass is 9.96. The Bertz CT molecular complexity index is 1560. The molecule has 204 valence electrons. The van der Waals surface area contributed by atoms with Crippen molar-refractivity contribution in [3.05, 3.63) is 101 Å². The summed E-state index contributed by atoms with van der Waals surface area (Å²) in [5.74, 6) is -0.246. The second kappa shape index (κ2) is 11.8.